The van der Waals surface area contributed by atoms with E-state index in [9.17, 15) is 23.1 Å². The van der Waals surface area contributed by atoms with E-state index in [0.29, 0.717) is 38.6 Å². The van der Waals surface area contributed by atoms with E-state index in [0.717, 1.165) is 0 Å². The average Bonchev–Trinajstić information content (AvgIpc) is 3.52. The summed E-state index contributed by atoms with van der Waals surface area (Å²) in [7, 11) is -4.12. The lowest BCUT2D eigenvalue weighted by Crippen LogP contribution is -2.34. The van der Waals surface area contributed by atoms with Crippen LogP contribution in [0.2, 0.25) is 5.02 Å². The summed E-state index contributed by atoms with van der Waals surface area (Å²) in [5.74, 6) is -1.25. The molecule has 0 spiro atoms. The monoisotopic (exact) mass is 570 g/mol. The Kier molecular flexibility index (Phi) is 7.89. The zero-order valence-corrected chi connectivity index (χ0v) is 23.2. The average molecular weight is 571 g/mol. The van der Waals surface area contributed by atoms with Crippen LogP contribution in [0.4, 0.5) is 5.69 Å². The van der Waals surface area contributed by atoms with E-state index in [1.165, 1.54) is 33.7 Å². The molecular formula is C28H27ClN2O7S. The predicted octanol–water partition coefficient (Wildman–Crippen LogP) is 6.01. The third kappa shape index (κ3) is 5.57. The van der Waals surface area contributed by atoms with Gasteiger partial charge in [-0.15, -0.1) is 0 Å². The lowest BCUT2D eigenvalue weighted by Gasteiger charge is -2.28. The van der Waals surface area contributed by atoms with Gasteiger partial charge in [-0.2, -0.15) is 0 Å². The van der Waals surface area contributed by atoms with Crippen LogP contribution >= 0.6 is 11.6 Å². The van der Waals surface area contributed by atoms with E-state index in [-0.39, 0.29) is 41.8 Å². The first kappa shape index (κ1) is 28.0. The number of hydrogen-bond donors (Lipinski definition) is 1. The first-order chi connectivity index (χ1) is 18.4. The van der Waals surface area contributed by atoms with Gasteiger partial charge in [0.1, 0.15) is 11.3 Å². The van der Waals surface area contributed by atoms with Crippen LogP contribution in [0.25, 0.3) is 11.0 Å². The summed E-state index contributed by atoms with van der Waals surface area (Å²) in [4.78, 5) is 26.0. The largest absolute Gasteiger partial charge is 0.475 e. The molecule has 0 aliphatic rings. The van der Waals surface area contributed by atoms with Gasteiger partial charge < -0.3 is 18.8 Å². The van der Waals surface area contributed by atoms with E-state index in [1.807, 2.05) is 0 Å². The van der Waals surface area contributed by atoms with Gasteiger partial charge in [-0.05, 0) is 74.9 Å². The minimum absolute atomic E-state index is 0.0378. The van der Waals surface area contributed by atoms with Crippen molar-refractivity contribution in [2.24, 2.45) is 0 Å². The third-order valence-corrected chi connectivity index (χ3v) is 8.35. The van der Waals surface area contributed by atoms with Gasteiger partial charge >= 0.3 is 5.97 Å². The molecule has 0 fully saturated rings. The zero-order chi connectivity index (χ0) is 28.5. The highest BCUT2D eigenvalue weighted by Gasteiger charge is 2.28. The van der Waals surface area contributed by atoms with Gasteiger partial charge in [0, 0.05) is 34.6 Å². The number of aromatic carboxylic acids is 1. The maximum atomic E-state index is 13.9. The zero-order valence-electron chi connectivity index (χ0n) is 21.6. The van der Waals surface area contributed by atoms with E-state index < -0.39 is 16.0 Å². The minimum Gasteiger partial charge on any atom is -0.475 e. The molecule has 9 nitrogen and oxygen atoms in total. The van der Waals surface area contributed by atoms with Gasteiger partial charge in [-0.3, -0.25) is 9.10 Å². The number of carbonyl (C=O) groups excluding carboxylic acids is 1. The van der Waals surface area contributed by atoms with Crippen molar-refractivity contribution in [3.05, 3.63) is 94.6 Å². The number of rotatable bonds is 10. The van der Waals surface area contributed by atoms with Crippen LogP contribution in [0.3, 0.4) is 0 Å². The Bertz CT molecular complexity index is 1670. The second-order valence-corrected chi connectivity index (χ2v) is 11.3. The smallest absolute Gasteiger partial charge is 0.372 e. The van der Waals surface area contributed by atoms with Crippen LogP contribution in [0.15, 0.2) is 80.7 Å². The number of hydrogen-bond acceptors (Lipinski definition) is 6. The quantitative estimate of drug-likeness (QED) is 0.232. The number of sulfonamides is 1. The van der Waals surface area contributed by atoms with Gasteiger partial charge in [-0.25, -0.2) is 13.2 Å². The second-order valence-electron chi connectivity index (χ2n) is 8.98. The molecule has 1 N–H and O–H groups in total. The van der Waals surface area contributed by atoms with Crippen molar-refractivity contribution >= 4 is 50.2 Å². The fraction of sp³-hybridized carbons (Fsp3) is 0.214. The summed E-state index contributed by atoms with van der Waals surface area (Å²) < 4.78 is 39.9. The van der Waals surface area contributed by atoms with Gasteiger partial charge in [0.05, 0.1) is 23.4 Å². The minimum atomic E-state index is -4.12. The number of amides is 1. The molecule has 0 aliphatic carbocycles. The van der Waals surface area contributed by atoms with Gasteiger partial charge in [0.15, 0.2) is 0 Å². The second kappa shape index (κ2) is 11.0. The van der Waals surface area contributed by atoms with Crippen molar-refractivity contribution in [3.8, 4) is 0 Å². The highest BCUT2D eigenvalue weighted by atomic mass is 35.5. The number of carbonyl (C=O) groups is 2. The standard InChI is InChI=1S/C28H27ClN2O7S/c1-5-31(39(35,36)22-9-11-25-23(14-22)18(4)26(38-25)28(33)34)24-10-8-20(29)13-19(24)15-30(27(32)17(2)3)16-21-7-6-12-37-21/h6-14H,2,5,15-16H2,1,3-4H3,(H,33,34). The fourth-order valence-electron chi connectivity index (χ4n) is 4.35. The summed E-state index contributed by atoms with van der Waals surface area (Å²) in [6.45, 7) is 8.88. The summed E-state index contributed by atoms with van der Waals surface area (Å²) in [5, 5.41) is 10.1. The molecule has 0 atom stereocenters. The maximum absolute atomic E-state index is 13.9. The molecule has 11 heteroatoms. The normalized spacial score (nSPS) is 11.5. The molecule has 204 valence electrons. The molecule has 39 heavy (non-hydrogen) atoms. The molecule has 2 heterocycles. The third-order valence-electron chi connectivity index (χ3n) is 6.23. The molecule has 1 amide bonds. The number of fused-ring (bicyclic) bond motifs is 1. The van der Waals surface area contributed by atoms with Crippen molar-refractivity contribution in [1.29, 1.82) is 0 Å². The maximum Gasteiger partial charge on any atom is 0.372 e. The topological polar surface area (TPSA) is 121 Å². The number of carboxylic acids is 1. The Morgan fingerprint density at radius 1 is 1.10 bits per heavy atom. The number of furan rings is 2. The number of halogens is 1. The molecular weight excluding hydrogens is 544 g/mol. The van der Waals surface area contributed by atoms with E-state index in [4.69, 9.17) is 20.4 Å². The first-order valence-electron chi connectivity index (χ1n) is 12.0. The molecule has 4 rings (SSSR count). The van der Waals surface area contributed by atoms with E-state index in [1.54, 1.807) is 51.1 Å². The number of aryl methyl sites for hydroxylation is 1. The lowest BCUT2D eigenvalue weighted by molar-refractivity contribution is -0.128. The molecule has 2 aromatic heterocycles. The van der Waals surface area contributed by atoms with Crippen LogP contribution in [-0.2, 0) is 27.9 Å². The Hall–Kier alpha value is -4.02. The number of anilines is 1. The molecule has 4 aromatic rings. The van der Waals surface area contributed by atoms with E-state index in [2.05, 4.69) is 6.58 Å². The van der Waals surface area contributed by atoms with Crippen LogP contribution in [0.1, 0.15) is 41.3 Å². The first-order valence-corrected chi connectivity index (χ1v) is 13.8. The van der Waals surface area contributed by atoms with Gasteiger partial charge in [0.2, 0.25) is 11.7 Å². The number of benzene rings is 2. The fourth-order valence-corrected chi connectivity index (χ4v) is 6.08. The van der Waals surface area contributed by atoms with Crippen LogP contribution in [0.5, 0.6) is 0 Å². The highest BCUT2D eigenvalue weighted by Crippen LogP contribution is 2.33. The molecule has 2 aromatic carbocycles. The van der Waals surface area contributed by atoms with Gasteiger partial charge in [-0.1, -0.05) is 18.2 Å². The highest BCUT2D eigenvalue weighted by molar-refractivity contribution is 7.92. The van der Waals surface area contributed by atoms with Gasteiger partial charge in [0.25, 0.3) is 10.0 Å². The molecule has 0 saturated carbocycles. The Morgan fingerprint density at radius 3 is 2.46 bits per heavy atom. The Labute approximate surface area is 230 Å². The lowest BCUT2D eigenvalue weighted by atomic mass is 10.1. The van der Waals surface area contributed by atoms with Crippen molar-refractivity contribution in [3.63, 3.8) is 0 Å². The number of carboxylic acid groups (broad SMARTS) is 1. The molecule has 0 aliphatic heterocycles. The Morgan fingerprint density at radius 2 is 1.85 bits per heavy atom. The van der Waals surface area contributed by atoms with Crippen molar-refractivity contribution in [2.75, 3.05) is 10.8 Å². The molecule has 0 radical (unpaired) electrons. The molecule has 0 unspecified atom stereocenters. The summed E-state index contributed by atoms with van der Waals surface area (Å²) in [5.41, 5.74) is 1.76. The summed E-state index contributed by atoms with van der Waals surface area (Å²) in [6.07, 6.45) is 1.51. The summed E-state index contributed by atoms with van der Waals surface area (Å²) in [6, 6.07) is 12.5. The van der Waals surface area contributed by atoms with E-state index >= 15 is 0 Å². The van der Waals surface area contributed by atoms with Crippen molar-refractivity contribution < 1.29 is 31.9 Å². The molecule has 0 bridgehead atoms. The Balaban J connectivity index is 1.77. The summed E-state index contributed by atoms with van der Waals surface area (Å²) >= 11 is 6.31. The van der Waals surface area contributed by atoms with Crippen LogP contribution in [0, 0.1) is 6.92 Å². The SMILES string of the molecule is C=C(C)C(=O)N(Cc1ccco1)Cc1cc(Cl)ccc1N(CC)S(=O)(=O)c1ccc2oc(C(=O)O)c(C)c2c1. The predicted molar refractivity (Wildman–Crippen MR) is 147 cm³/mol. The van der Waals surface area contributed by atoms with Crippen molar-refractivity contribution in [1.82, 2.24) is 4.90 Å². The van der Waals surface area contributed by atoms with Crippen molar-refractivity contribution in [2.45, 2.75) is 38.8 Å². The van der Waals surface area contributed by atoms with Crippen LogP contribution < -0.4 is 4.31 Å². The number of nitrogens with zero attached hydrogens (tertiary/aromatic N) is 2. The van der Waals surface area contributed by atoms with Crippen LogP contribution in [-0.4, -0.2) is 36.8 Å². The molecule has 0 saturated heterocycles.